The van der Waals surface area contributed by atoms with Gasteiger partial charge in [0.05, 0.1) is 13.2 Å². The highest BCUT2D eigenvalue weighted by atomic mass is 16.5. The zero-order valence-corrected chi connectivity index (χ0v) is 10.1. The van der Waals surface area contributed by atoms with Crippen molar-refractivity contribution in [1.82, 2.24) is 9.80 Å². The molecule has 0 saturated carbocycles. The van der Waals surface area contributed by atoms with Gasteiger partial charge in [0.1, 0.15) is 0 Å². The van der Waals surface area contributed by atoms with E-state index in [1.165, 1.54) is 26.1 Å². The third-order valence-electron chi connectivity index (χ3n) is 3.15. The molecule has 2 N–H and O–H groups in total. The molecule has 0 amide bonds. The first kappa shape index (κ1) is 12.9. The zero-order chi connectivity index (χ0) is 11.1. The molecule has 0 aromatic heterocycles. The van der Waals surface area contributed by atoms with E-state index in [1.54, 1.807) is 0 Å². The van der Waals surface area contributed by atoms with Gasteiger partial charge in [-0.2, -0.15) is 0 Å². The van der Waals surface area contributed by atoms with Gasteiger partial charge in [-0.1, -0.05) is 6.92 Å². The van der Waals surface area contributed by atoms with Crippen molar-refractivity contribution < 1.29 is 4.74 Å². The molecule has 0 aromatic carbocycles. The van der Waals surface area contributed by atoms with E-state index in [0.717, 1.165) is 13.2 Å². The number of ether oxygens (including phenoxy) is 1. The second kappa shape index (κ2) is 7.17. The molecule has 0 aromatic rings. The monoisotopic (exact) mass is 215 g/mol. The summed E-state index contributed by atoms with van der Waals surface area (Å²) < 4.78 is 5.40. The van der Waals surface area contributed by atoms with Crippen LogP contribution in [-0.4, -0.2) is 68.8 Å². The van der Waals surface area contributed by atoms with Crippen molar-refractivity contribution in [1.29, 1.82) is 0 Å². The lowest BCUT2D eigenvalue weighted by molar-refractivity contribution is 0.0581. The average Bonchev–Trinajstić information content (AvgIpc) is 2.26. The largest absolute Gasteiger partial charge is 0.379 e. The van der Waals surface area contributed by atoms with Gasteiger partial charge in [-0.3, -0.25) is 4.90 Å². The standard InChI is InChI=1S/C11H25N3O/c1-3-11-10-14(6-5-13(11)2)7-9-15-8-4-12/h11H,3-10,12H2,1-2H3. The molecule has 1 heterocycles. The Kier molecular flexibility index (Phi) is 6.17. The molecule has 1 aliphatic rings. The normalized spacial score (nSPS) is 24.6. The van der Waals surface area contributed by atoms with Crippen molar-refractivity contribution in [3.8, 4) is 0 Å². The zero-order valence-electron chi connectivity index (χ0n) is 10.1. The maximum atomic E-state index is 5.40. The number of hydrogen-bond donors (Lipinski definition) is 1. The van der Waals surface area contributed by atoms with Crippen LogP contribution in [0.3, 0.4) is 0 Å². The topological polar surface area (TPSA) is 41.7 Å². The number of rotatable bonds is 6. The summed E-state index contributed by atoms with van der Waals surface area (Å²) in [4.78, 5) is 4.95. The molecule has 1 aliphatic heterocycles. The fraction of sp³-hybridized carbons (Fsp3) is 1.00. The van der Waals surface area contributed by atoms with Crippen LogP contribution >= 0.6 is 0 Å². The average molecular weight is 215 g/mol. The lowest BCUT2D eigenvalue weighted by atomic mass is 10.1. The predicted octanol–water partition coefficient (Wildman–Crippen LogP) is -0.0123. The SMILES string of the molecule is CCC1CN(CCOCCN)CCN1C. The van der Waals surface area contributed by atoms with E-state index in [-0.39, 0.29) is 0 Å². The van der Waals surface area contributed by atoms with Gasteiger partial charge in [-0.05, 0) is 13.5 Å². The van der Waals surface area contributed by atoms with Crippen LogP contribution in [0.25, 0.3) is 0 Å². The Morgan fingerprint density at radius 3 is 2.80 bits per heavy atom. The molecule has 0 radical (unpaired) electrons. The minimum atomic E-state index is 0.625. The molecular weight excluding hydrogens is 190 g/mol. The van der Waals surface area contributed by atoms with Crippen LogP contribution in [0.2, 0.25) is 0 Å². The minimum Gasteiger partial charge on any atom is -0.379 e. The van der Waals surface area contributed by atoms with Gasteiger partial charge in [0.15, 0.2) is 0 Å². The molecule has 4 heteroatoms. The van der Waals surface area contributed by atoms with Gasteiger partial charge in [0.2, 0.25) is 0 Å². The summed E-state index contributed by atoms with van der Waals surface area (Å²) in [6.45, 7) is 8.95. The summed E-state index contributed by atoms with van der Waals surface area (Å²) in [7, 11) is 2.22. The summed E-state index contributed by atoms with van der Waals surface area (Å²) in [5, 5.41) is 0. The van der Waals surface area contributed by atoms with E-state index < -0.39 is 0 Å². The highest BCUT2D eigenvalue weighted by Gasteiger charge is 2.21. The van der Waals surface area contributed by atoms with Crippen LogP contribution in [0.15, 0.2) is 0 Å². The van der Waals surface area contributed by atoms with E-state index >= 15 is 0 Å². The van der Waals surface area contributed by atoms with Crippen LogP contribution in [0.1, 0.15) is 13.3 Å². The molecule has 1 rings (SSSR count). The fourth-order valence-corrected chi connectivity index (χ4v) is 2.03. The highest BCUT2D eigenvalue weighted by molar-refractivity contribution is 4.78. The van der Waals surface area contributed by atoms with Crippen LogP contribution in [0, 0.1) is 0 Å². The maximum absolute atomic E-state index is 5.40. The molecule has 0 spiro atoms. The second-order valence-corrected chi connectivity index (χ2v) is 4.24. The minimum absolute atomic E-state index is 0.625. The summed E-state index contributed by atoms with van der Waals surface area (Å²) in [6, 6.07) is 0.716. The molecule has 0 bridgehead atoms. The molecule has 15 heavy (non-hydrogen) atoms. The van der Waals surface area contributed by atoms with E-state index in [2.05, 4.69) is 23.8 Å². The van der Waals surface area contributed by atoms with Crippen LogP contribution in [-0.2, 0) is 4.74 Å². The van der Waals surface area contributed by atoms with E-state index in [9.17, 15) is 0 Å². The Morgan fingerprint density at radius 1 is 1.33 bits per heavy atom. The van der Waals surface area contributed by atoms with E-state index in [4.69, 9.17) is 10.5 Å². The van der Waals surface area contributed by atoms with Crippen molar-refractivity contribution in [3.05, 3.63) is 0 Å². The Labute approximate surface area is 93.4 Å². The van der Waals surface area contributed by atoms with Gasteiger partial charge in [-0.15, -0.1) is 0 Å². The van der Waals surface area contributed by atoms with Crippen LogP contribution < -0.4 is 5.73 Å². The predicted molar refractivity (Wildman–Crippen MR) is 63.0 cm³/mol. The van der Waals surface area contributed by atoms with Crippen LogP contribution in [0.4, 0.5) is 0 Å². The number of piperazine rings is 1. The molecule has 1 fully saturated rings. The molecule has 1 saturated heterocycles. The van der Waals surface area contributed by atoms with Crippen molar-refractivity contribution in [2.75, 3.05) is 53.0 Å². The maximum Gasteiger partial charge on any atom is 0.0594 e. The van der Waals surface area contributed by atoms with Crippen LogP contribution in [0.5, 0.6) is 0 Å². The number of likely N-dealkylation sites (N-methyl/N-ethyl adjacent to an activating group) is 1. The van der Waals surface area contributed by atoms with Gasteiger partial charge >= 0.3 is 0 Å². The van der Waals surface area contributed by atoms with E-state index in [0.29, 0.717) is 19.2 Å². The summed E-state index contributed by atoms with van der Waals surface area (Å²) in [5.74, 6) is 0. The first-order valence-electron chi connectivity index (χ1n) is 5.98. The Bertz CT molecular complexity index is 166. The highest BCUT2D eigenvalue weighted by Crippen LogP contribution is 2.09. The molecule has 0 aliphatic carbocycles. The molecule has 1 unspecified atom stereocenters. The lowest BCUT2D eigenvalue weighted by Crippen LogP contribution is -2.51. The van der Waals surface area contributed by atoms with Gasteiger partial charge < -0.3 is 15.4 Å². The molecule has 4 nitrogen and oxygen atoms in total. The molecule has 90 valence electrons. The fourth-order valence-electron chi connectivity index (χ4n) is 2.03. The first-order valence-corrected chi connectivity index (χ1v) is 5.98. The number of nitrogens with two attached hydrogens (primary N) is 1. The first-order chi connectivity index (χ1) is 7.27. The second-order valence-electron chi connectivity index (χ2n) is 4.24. The van der Waals surface area contributed by atoms with Gasteiger partial charge in [-0.25, -0.2) is 0 Å². The lowest BCUT2D eigenvalue weighted by Gasteiger charge is -2.39. The quantitative estimate of drug-likeness (QED) is 0.633. The van der Waals surface area contributed by atoms with Crippen molar-refractivity contribution in [2.24, 2.45) is 5.73 Å². The van der Waals surface area contributed by atoms with Crippen molar-refractivity contribution in [3.63, 3.8) is 0 Å². The van der Waals surface area contributed by atoms with Gasteiger partial charge in [0.25, 0.3) is 0 Å². The summed E-state index contributed by atoms with van der Waals surface area (Å²) in [5.41, 5.74) is 5.36. The Hall–Kier alpha value is -0.160. The Morgan fingerprint density at radius 2 is 2.13 bits per heavy atom. The number of nitrogens with zero attached hydrogens (tertiary/aromatic N) is 2. The molecule has 1 atom stereocenters. The number of hydrogen-bond acceptors (Lipinski definition) is 4. The van der Waals surface area contributed by atoms with Gasteiger partial charge in [0, 0.05) is 38.8 Å². The van der Waals surface area contributed by atoms with Crippen molar-refractivity contribution >= 4 is 0 Å². The third kappa shape index (κ3) is 4.47. The smallest absolute Gasteiger partial charge is 0.0594 e. The van der Waals surface area contributed by atoms with Crippen molar-refractivity contribution in [2.45, 2.75) is 19.4 Å². The summed E-state index contributed by atoms with van der Waals surface area (Å²) in [6.07, 6.45) is 1.23. The van der Waals surface area contributed by atoms with E-state index in [1.807, 2.05) is 0 Å². The third-order valence-corrected chi connectivity index (χ3v) is 3.15. The Balaban J connectivity index is 2.14. The molecular formula is C11H25N3O. The summed E-state index contributed by atoms with van der Waals surface area (Å²) >= 11 is 0.